The first-order valence-electron chi connectivity index (χ1n) is 7.50. The van der Waals surface area contributed by atoms with Gasteiger partial charge in [-0.25, -0.2) is 0 Å². The summed E-state index contributed by atoms with van der Waals surface area (Å²) in [6.45, 7) is 2.88. The monoisotopic (exact) mass is 291 g/mol. The van der Waals surface area contributed by atoms with E-state index in [-0.39, 0.29) is 5.92 Å². The minimum Gasteiger partial charge on any atom is -0.512 e. The Balaban J connectivity index is 1.79. The topological polar surface area (TPSA) is 48.7 Å². The van der Waals surface area contributed by atoms with Crippen molar-refractivity contribution in [3.05, 3.63) is 65.2 Å². The van der Waals surface area contributed by atoms with Gasteiger partial charge in [0, 0.05) is 30.1 Å². The van der Waals surface area contributed by atoms with Crippen LogP contribution in [0.1, 0.15) is 23.1 Å². The molecule has 0 bridgehead atoms. The Morgan fingerprint density at radius 2 is 2.00 bits per heavy atom. The Hall–Kier alpha value is -2.62. The second kappa shape index (κ2) is 4.98. The molecule has 1 aliphatic heterocycles. The predicted octanol–water partition coefficient (Wildman–Crippen LogP) is 3.53. The lowest BCUT2D eigenvalue weighted by molar-refractivity contribution is 0.357. The molecule has 4 nitrogen and oxygen atoms in total. The highest BCUT2D eigenvalue weighted by Crippen LogP contribution is 2.33. The van der Waals surface area contributed by atoms with E-state index in [1.165, 1.54) is 5.56 Å². The van der Waals surface area contributed by atoms with Gasteiger partial charge in [-0.15, -0.1) is 0 Å². The Bertz CT molecular complexity index is 777. The molecule has 2 aliphatic rings. The fourth-order valence-corrected chi connectivity index (χ4v) is 3.09. The Labute approximate surface area is 129 Å². The molecule has 1 N–H and O–H groups in total. The third kappa shape index (κ3) is 2.08. The van der Waals surface area contributed by atoms with E-state index >= 15 is 0 Å². The lowest BCUT2D eigenvalue weighted by Gasteiger charge is -2.33. The van der Waals surface area contributed by atoms with E-state index in [1.54, 1.807) is 12.4 Å². The van der Waals surface area contributed by atoms with E-state index in [0.29, 0.717) is 5.76 Å². The van der Waals surface area contributed by atoms with E-state index < -0.39 is 0 Å². The number of nitrogens with zero attached hydrogens (tertiary/aromatic N) is 3. The van der Waals surface area contributed by atoms with Crippen LogP contribution in [0.4, 0.5) is 5.69 Å². The van der Waals surface area contributed by atoms with Gasteiger partial charge in [0.2, 0.25) is 0 Å². The molecule has 1 aliphatic carbocycles. The molecule has 4 heteroatoms. The quantitative estimate of drug-likeness (QED) is 0.874. The van der Waals surface area contributed by atoms with Gasteiger partial charge in [-0.1, -0.05) is 17.7 Å². The standard InChI is InChI=1S/C18H17N3O/c1-12-2-4-14(5-3-12)21-9-7-16-17(22)10-13-11-19-8-6-15(13)18(16)20-21/h2-6,8,10-11,16,22H,7,9H2,1H3. The van der Waals surface area contributed by atoms with E-state index in [4.69, 9.17) is 5.10 Å². The van der Waals surface area contributed by atoms with Crippen LogP contribution in [0.5, 0.6) is 0 Å². The molecule has 1 atom stereocenters. The Morgan fingerprint density at radius 1 is 1.18 bits per heavy atom. The molecule has 0 radical (unpaired) electrons. The van der Waals surface area contributed by atoms with Crippen molar-refractivity contribution >= 4 is 17.5 Å². The average molecular weight is 291 g/mol. The van der Waals surface area contributed by atoms with E-state index in [0.717, 1.165) is 35.5 Å². The zero-order chi connectivity index (χ0) is 15.1. The SMILES string of the molecule is Cc1ccc(N2CCC3C(O)=Cc4cnccc4C3=N2)cc1. The van der Waals surface area contributed by atoms with Crippen LogP contribution >= 0.6 is 0 Å². The number of aromatic nitrogens is 1. The molecule has 4 rings (SSSR count). The van der Waals surface area contributed by atoms with Crippen LogP contribution in [-0.2, 0) is 0 Å². The first kappa shape index (κ1) is 13.1. The Morgan fingerprint density at radius 3 is 2.82 bits per heavy atom. The van der Waals surface area contributed by atoms with Crippen molar-refractivity contribution in [2.24, 2.45) is 11.0 Å². The minimum absolute atomic E-state index is 0.00315. The number of hydrazone groups is 1. The summed E-state index contributed by atoms with van der Waals surface area (Å²) in [5.74, 6) is 0.388. The van der Waals surface area contributed by atoms with Crippen LogP contribution in [-0.4, -0.2) is 22.3 Å². The van der Waals surface area contributed by atoms with Crippen LogP contribution in [0.15, 0.2) is 53.6 Å². The van der Waals surface area contributed by atoms with Gasteiger partial charge in [0.15, 0.2) is 0 Å². The van der Waals surface area contributed by atoms with Gasteiger partial charge in [-0.3, -0.25) is 9.99 Å². The molecular weight excluding hydrogens is 274 g/mol. The number of hydrogen-bond donors (Lipinski definition) is 1. The highest BCUT2D eigenvalue weighted by Gasteiger charge is 2.32. The molecule has 0 spiro atoms. The summed E-state index contributed by atoms with van der Waals surface area (Å²) in [5.41, 5.74) is 5.25. The number of pyridine rings is 1. The molecule has 110 valence electrons. The number of rotatable bonds is 1. The largest absolute Gasteiger partial charge is 0.512 e. The molecule has 1 aromatic carbocycles. The van der Waals surface area contributed by atoms with E-state index in [1.807, 2.05) is 17.2 Å². The zero-order valence-corrected chi connectivity index (χ0v) is 12.4. The summed E-state index contributed by atoms with van der Waals surface area (Å²) in [5, 5.41) is 17.1. The maximum Gasteiger partial charge on any atom is 0.102 e. The van der Waals surface area contributed by atoms with Gasteiger partial charge in [0.05, 0.1) is 17.3 Å². The molecular formula is C18H17N3O. The molecule has 2 heterocycles. The van der Waals surface area contributed by atoms with Gasteiger partial charge >= 0.3 is 0 Å². The maximum atomic E-state index is 10.3. The molecule has 0 fully saturated rings. The maximum absolute atomic E-state index is 10.3. The number of aliphatic hydroxyl groups excluding tert-OH is 1. The van der Waals surface area contributed by atoms with Crippen molar-refractivity contribution in [2.45, 2.75) is 13.3 Å². The molecule has 22 heavy (non-hydrogen) atoms. The van der Waals surface area contributed by atoms with Gasteiger partial charge < -0.3 is 5.11 Å². The van der Waals surface area contributed by atoms with Crippen LogP contribution < -0.4 is 5.01 Å². The first-order valence-corrected chi connectivity index (χ1v) is 7.50. The highest BCUT2D eigenvalue weighted by atomic mass is 16.3. The number of allylic oxidation sites excluding steroid dienone is 1. The minimum atomic E-state index is -0.00315. The summed E-state index contributed by atoms with van der Waals surface area (Å²) in [7, 11) is 0. The second-order valence-electron chi connectivity index (χ2n) is 5.82. The summed E-state index contributed by atoms with van der Waals surface area (Å²) in [6.07, 6.45) is 6.22. The Kier molecular flexibility index (Phi) is 2.96. The van der Waals surface area contributed by atoms with Crippen molar-refractivity contribution in [1.29, 1.82) is 0 Å². The number of benzene rings is 1. The van der Waals surface area contributed by atoms with Crippen LogP contribution in [0.2, 0.25) is 0 Å². The van der Waals surface area contributed by atoms with E-state index in [2.05, 4.69) is 36.2 Å². The molecule has 1 unspecified atom stereocenters. The number of aryl methyl sites for hydroxylation is 1. The van der Waals surface area contributed by atoms with Crippen molar-refractivity contribution in [1.82, 2.24) is 4.98 Å². The first-order chi connectivity index (χ1) is 10.7. The third-order valence-corrected chi connectivity index (χ3v) is 4.31. The molecule has 2 aromatic rings. The van der Waals surface area contributed by atoms with Crippen LogP contribution in [0.25, 0.3) is 6.08 Å². The predicted molar refractivity (Wildman–Crippen MR) is 88.0 cm³/mol. The van der Waals surface area contributed by atoms with E-state index in [9.17, 15) is 5.11 Å². The molecule has 0 saturated heterocycles. The normalized spacial score (nSPS) is 19.9. The van der Waals surface area contributed by atoms with Crippen molar-refractivity contribution < 1.29 is 5.11 Å². The average Bonchev–Trinajstić information content (AvgIpc) is 2.55. The van der Waals surface area contributed by atoms with Crippen LogP contribution in [0.3, 0.4) is 0 Å². The number of anilines is 1. The zero-order valence-electron chi connectivity index (χ0n) is 12.4. The van der Waals surface area contributed by atoms with Crippen molar-refractivity contribution in [3.63, 3.8) is 0 Å². The number of fused-ring (bicyclic) bond motifs is 3. The van der Waals surface area contributed by atoms with Crippen molar-refractivity contribution in [2.75, 3.05) is 11.6 Å². The summed E-state index contributed by atoms with van der Waals surface area (Å²) in [4.78, 5) is 4.13. The van der Waals surface area contributed by atoms with Crippen molar-refractivity contribution in [3.8, 4) is 0 Å². The smallest absolute Gasteiger partial charge is 0.102 e. The number of aliphatic hydroxyl groups is 1. The van der Waals surface area contributed by atoms with Gasteiger partial charge in [-0.2, -0.15) is 5.10 Å². The molecule has 0 saturated carbocycles. The molecule has 1 aromatic heterocycles. The fourth-order valence-electron chi connectivity index (χ4n) is 3.09. The third-order valence-electron chi connectivity index (χ3n) is 4.31. The number of hydrogen-bond acceptors (Lipinski definition) is 4. The summed E-state index contributed by atoms with van der Waals surface area (Å²) in [6, 6.07) is 10.3. The molecule has 0 amide bonds. The summed E-state index contributed by atoms with van der Waals surface area (Å²) >= 11 is 0. The van der Waals surface area contributed by atoms with Gasteiger partial charge in [0.25, 0.3) is 0 Å². The fraction of sp³-hybridized carbons (Fsp3) is 0.222. The van der Waals surface area contributed by atoms with Gasteiger partial charge in [0.1, 0.15) is 5.76 Å². The second-order valence-corrected chi connectivity index (χ2v) is 5.82. The lowest BCUT2D eigenvalue weighted by Crippen LogP contribution is -2.35. The lowest BCUT2D eigenvalue weighted by atomic mass is 9.84. The summed E-state index contributed by atoms with van der Waals surface area (Å²) < 4.78 is 0. The van der Waals surface area contributed by atoms with Crippen LogP contribution in [0, 0.1) is 12.8 Å². The van der Waals surface area contributed by atoms with Gasteiger partial charge in [-0.05, 0) is 37.6 Å². The highest BCUT2D eigenvalue weighted by molar-refractivity contribution is 6.09.